The molecule has 0 saturated heterocycles. The van der Waals surface area contributed by atoms with Crippen LogP contribution in [0.4, 0.5) is 11.5 Å². The van der Waals surface area contributed by atoms with Crippen molar-refractivity contribution in [2.45, 2.75) is 20.4 Å². The first-order valence-electron chi connectivity index (χ1n) is 10.7. The number of H-pyrrole nitrogens is 1. The van der Waals surface area contributed by atoms with Gasteiger partial charge in [-0.25, -0.2) is 9.59 Å². The second-order valence-electron chi connectivity index (χ2n) is 7.97. The maximum Gasteiger partial charge on any atom is 0.338 e. The van der Waals surface area contributed by atoms with Crippen molar-refractivity contribution in [2.75, 3.05) is 50.7 Å². The quantitative estimate of drug-likeness (QED) is 0.489. The van der Waals surface area contributed by atoms with Crippen molar-refractivity contribution in [3.8, 4) is 11.5 Å². The second-order valence-corrected chi connectivity index (χ2v) is 7.97. The van der Waals surface area contributed by atoms with Crippen LogP contribution in [0.2, 0.25) is 0 Å². The molecule has 0 atom stereocenters. The van der Waals surface area contributed by atoms with Gasteiger partial charge in [0.15, 0.2) is 23.8 Å². The fourth-order valence-electron chi connectivity index (χ4n) is 3.39. The standard InChI is InChI=1S/C22H28N4O8/c1-13(2)11-26-19(23)18(20(28)24-22(26)30)25(6-7-31-3)17(27)12-34-21(29)14-4-5-15-16(10-14)33-9-8-32-15/h4-5,10,13H,6-9,11-12,23H2,1-3H3,(H,24,28,30). The number of carbonyl (C=O) groups excluding carboxylic acids is 2. The van der Waals surface area contributed by atoms with Gasteiger partial charge in [-0.05, 0) is 24.1 Å². The first-order chi connectivity index (χ1) is 16.2. The van der Waals surface area contributed by atoms with E-state index in [1.165, 1.54) is 23.8 Å². The lowest BCUT2D eigenvalue weighted by Crippen LogP contribution is -2.44. The van der Waals surface area contributed by atoms with E-state index in [0.717, 1.165) is 4.90 Å². The number of nitrogen functional groups attached to an aromatic ring is 1. The van der Waals surface area contributed by atoms with Crippen molar-refractivity contribution in [1.82, 2.24) is 9.55 Å². The molecule has 0 bridgehead atoms. The zero-order chi connectivity index (χ0) is 24.8. The molecular formula is C22H28N4O8. The first kappa shape index (κ1) is 24.8. The molecule has 0 unspecified atom stereocenters. The number of benzene rings is 1. The maximum atomic E-state index is 13.0. The van der Waals surface area contributed by atoms with Crippen LogP contribution in [0.1, 0.15) is 24.2 Å². The lowest BCUT2D eigenvalue weighted by atomic mass is 10.2. The van der Waals surface area contributed by atoms with Crippen LogP contribution in [0.25, 0.3) is 0 Å². The van der Waals surface area contributed by atoms with E-state index in [1.54, 1.807) is 6.07 Å². The van der Waals surface area contributed by atoms with Crippen LogP contribution in [0.5, 0.6) is 11.5 Å². The van der Waals surface area contributed by atoms with Gasteiger partial charge in [0.05, 0.1) is 12.2 Å². The number of rotatable bonds is 9. The number of nitrogens with one attached hydrogen (secondary N) is 1. The summed E-state index contributed by atoms with van der Waals surface area (Å²) in [5.74, 6) is -0.672. The lowest BCUT2D eigenvalue weighted by Gasteiger charge is -2.24. The smallest absolute Gasteiger partial charge is 0.338 e. The van der Waals surface area contributed by atoms with E-state index in [9.17, 15) is 19.2 Å². The van der Waals surface area contributed by atoms with Crippen LogP contribution >= 0.6 is 0 Å². The average molecular weight is 476 g/mol. The summed E-state index contributed by atoms with van der Waals surface area (Å²) in [5, 5.41) is 0. The molecule has 1 aliphatic heterocycles. The second kappa shape index (κ2) is 10.9. The highest BCUT2D eigenvalue weighted by Crippen LogP contribution is 2.31. The molecule has 0 aliphatic carbocycles. The summed E-state index contributed by atoms with van der Waals surface area (Å²) < 4.78 is 22.3. The molecule has 0 radical (unpaired) electrons. The van der Waals surface area contributed by atoms with E-state index in [0.29, 0.717) is 24.7 Å². The molecule has 1 aromatic carbocycles. The third kappa shape index (κ3) is 5.57. The van der Waals surface area contributed by atoms with Gasteiger partial charge in [-0.2, -0.15) is 0 Å². The number of methoxy groups -OCH3 is 1. The summed E-state index contributed by atoms with van der Waals surface area (Å²) in [6, 6.07) is 4.54. The van der Waals surface area contributed by atoms with Crippen molar-refractivity contribution in [1.29, 1.82) is 0 Å². The summed E-state index contributed by atoms with van der Waals surface area (Å²) in [6.07, 6.45) is 0. The predicted molar refractivity (Wildman–Crippen MR) is 123 cm³/mol. The van der Waals surface area contributed by atoms with E-state index in [-0.39, 0.29) is 42.7 Å². The van der Waals surface area contributed by atoms with Gasteiger partial charge in [-0.1, -0.05) is 13.8 Å². The van der Waals surface area contributed by atoms with Gasteiger partial charge in [0.25, 0.3) is 11.5 Å². The maximum absolute atomic E-state index is 13.0. The fourth-order valence-corrected chi connectivity index (χ4v) is 3.39. The van der Waals surface area contributed by atoms with Crippen LogP contribution in [-0.2, 0) is 20.8 Å². The minimum Gasteiger partial charge on any atom is -0.486 e. The highest BCUT2D eigenvalue weighted by Gasteiger charge is 2.26. The molecule has 2 heterocycles. The Morgan fingerprint density at radius 2 is 1.91 bits per heavy atom. The summed E-state index contributed by atoms with van der Waals surface area (Å²) in [6.45, 7) is 4.11. The van der Waals surface area contributed by atoms with Crippen LogP contribution in [0.3, 0.4) is 0 Å². The average Bonchev–Trinajstić information content (AvgIpc) is 2.81. The summed E-state index contributed by atoms with van der Waals surface area (Å²) in [5.41, 5.74) is 4.58. The molecule has 12 nitrogen and oxygen atoms in total. The van der Waals surface area contributed by atoms with Crippen LogP contribution < -0.4 is 31.4 Å². The Kier molecular flexibility index (Phi) is 7.95. The van der Waals surface area contributed by atoms with Gasteiger partial charge in [-0.15, -0.1) is 0 Å². The first-order valence-corrected chi connectivity index (χ1v) is 10.7. The third-order valence-corrected chi connectivity index (χ3v) is 4.96. The van der Waals surface area contributed by atoms with Crippen molar-refractivity contribution in [3.05, 3.63) is 44.6 Å². The third-order valence-electron chi connectivity index (χ3n) is 4.96. The zero-order valence-electron chi connectivity index (χ0n) is 19.3. The number of nitrogens with zero attached hydrogens (tertiary/aromatic N) is 2. The number of nitrogens with two attached hydrogens (primary N) is 1. The number of aromatic nitrogens is 2. The minimum atomic E-state index is -0.829. The molecule has 12 heteroatoms. The number of fused-ring (bicyclic) bond motifs is 1. The largest absolute Gasteiger partial charge is 0.486 e. The summed E-state index contributed by atoms with van der Waals surface area (Å²) in [7, 11) is 1.43. The van der Waals surface area contributed by atoms with E-state index >= 15 is 0 Å². The number of aromatic amines is 1. The molecular weight excluding hydrogens is 448 g/mol. The molecule has 3 rings (SSSR count). The zero-order valence-corrected chi connectivity index (χ0v) is 19.3. The molecule has 184 valence electrons. The van der Waals surface area contributed by atoms with Gasteiger partial charge in [0.1, 0.15) is 19.0 Å². The highest BCUT2D eigenvalue weighted by atomic mass is 16.6. The molecule has 0 fully saturated rings. The van der Waals surface area contributed by atoms with Crippen molar-refractivity contribution in [3.63, 3.8) is 0 Å². The SMILES string of the molecule is COCCN(C(=O)COC(=O)c1ccc2c(c1)OCCO2)c1c(N)n(CC(C)C)c(=O)[nH]c1=O. The van der Waals surface area contributed by atoms with Gasteiger partial charge in [0, 0.05) is 20.2 Å². The number of amides is 1. The Morgan fingerprint density at radius 1 is 1.21 bits per heavy atom. The Hall–Kier alpha value is -3.80. The fraction of sp³-hybridized carbons (Fsp3) is 0.455. The van der Waals surface area contributed by atoms with Gasteiger partial charge < -0.3 is 24.7 Å². The Labute approximate surface area is 195 Å². The van der Waals surface area contributed by atoms with Crippen molar-refractivity contribution >= 4 is 23.4 Å². The van der Waals surface area contributed by atoms with E-state index in [4.69, 9.17) is 24.7 Å². The number of hydrogen-bond acceptors (Lipinski definition) is 9. The topological polar surface area (TPSA) is 155 Å². The molecule has 1 amide bonds. The molecule has 2 aromatic rings. The normalized spacial score (nSPS) is 12.5. The van der Waals surface area contributed by atoms with Gasteiger partial charge in [0.2, 0.25) is 0 Å². The molecule has 0 saturated carbocycles. The van der Waals surface area contributed by atoms with Gasteiger partial charge >= 0.3 is 11.7 Å². The summed E-state index contributed by atoms with van der Waals surface area (Å²) in [4.78, 5) is 53.6. The molecule has 1 aliphatic rings. The Morgan fingerprint density at radius 3 is 2.59 bits per heavy atom. The number of anilines is 2. The number of hydrogen-bond donors (Lipinski definition) is 2. The van der Waals surface area contributed by atoms with Crippen molar-refractivity contribution in [2.24, 2.45) is 5.92 Å². The predicted octanol–water partition coefficient (Wildman–Crippen LogP) is 0.382. The molecule has 0 spiro atoms. The number of ether oxygens (including phenoxy) is 4. The molecule has 34 heavy (non-hydrogen) atoms. The Balaban J connectivity index is 1.82. The van der Waals surface area contributed by atoms with Gasteiger partial charge in [-0.3, -0.25) is 24.0 Å². The van der Waals surface area contributed by atoms with Crippen molar-refractivity contribution < 1.29 is 28.5 Å². The number of esters is 1. The van der Waals surface area contributed by atoms with E-state index < -0.39 is 29.7 Å². The minimum absolute atomic E-state index is 0.0498. The van der Waals surface area contributed by atoms with Crippen LogP contribution in [-0.4, -0.2) is 61.5 Å². The summed E-state index contributed by atoms with van der Waals surface area (Å²) >= 11 is 0. The highest BCUT2D eigenvalue weighted by molar-refractivity contribution is 5.98. The number of carbonyl (C=O) groups is 2. The van der Waals surface area contributed by atoms with E-state index in [2.05, 4.69) is 4.98 Å². The molecule has 1 aromatic heterocycles. The lowest BCUT2D eigenvalue weighted by molar-refractivity contribution is -0.121. The Bertz CT molecular complexity index is 1170. The molecule has 3 N–H and O–H groups in total. The monoisotopic (exact) mass is 476 g/mol. The van der Waals surface area contributed by atoms with E-state index in [1.807, 2.05) is 13.8 Å². The van der Waals surface area contributed by atoms with Crippen LogP contribution in [0, 0.1) is 5.92 Å². The van der Waals surface area contributed by atoms with Crippen LogP contribution in [0.15, 0.2) is 27.8 Å².